The molecular formula is C54H41N3O2S. The summed E-state index contributed by atoms with van der Waals surface area (Å²) in [5.41, 5.74) is 15.1. The van der Waals surface area contributed by atoms with Crippen molar-refractivity contribution in [1.29, 1.82) is 0 Å². The third-order valence-corrected chi connectivity index (χ3v) is 12.7. The molecule has 5 heterocycles. The van der Waals surface area contributed by atoms with Crippen LogP contribution < -0.4 is 9.47 Å². The zero-order chi connectivity index (χ0) is 40.8. The zero-order valence-electron chi connectivity index (χ0n) is 33.8. The molecule has 1 unspecified atom stereocenters. The molecule has 10 rings (SSSR count). The monoisotopic (exact) mass is 795 g/mol. The molecule has 60 heavy (non-hydrogen) atoms. The standard InChI is InChI=1S/C54H41N3O2S/c1-34-10-14-36(15-11-34)51-43-26-27-45(55-43)52(37-16-22-41(58-3)23-17-37)47-30-31-48(60-47)53(38-18-24-42(59-4)25-19-38)46-29-33-50(57-46)54(39-8-6-5-7-9-39,49-32-28-44(51)56-49)40-20-12-35(2)13-21-40/h5-33H,1-4H3/b51-44-,52-45-,53-46-. The quantitative estimate of drug-likeness (QED) is 0.162. The van der Waals surface area contributed by atoms with Crippen molar-refractivity contribution < 1.29 is 9.47 Å². The number of fused-ring (bicyclic) bond motifs is 5. The molecule has 0 aliphatic carbocycles. The van der Waals surface area contributed by atoms with Gasteiger partial charge in [-0.2, -0.15) is 0 Å². The summed E-state index contributed by atoms with van der Waals surface area (Å²) in [5.74, 6) is 1.60. The molecule has 6 aromatic rings. The van der Waals surface area contributed by atoms with Crippen molar-refractivity contribution in [2.45, 2.75) is 19.3 Å². The first kappa shape index (κ1) is 37.1. The molecule has 0 spiro atoms. The van der Waals surface area contributed by atoms with E-state index in [9.17, 15) is 0 Å². The van der Waals surface area contributed by atoms with Gasteiger partial charge in [-0.3, -0.25) is 9.98 Å². The SMILES string of the molecule is COc1ccc(/C2=C3\C=CC(=N3)/C(c3ccc(C)cc3)=C3/C=CC(=N3)C(c3ccccc3)(c3ccc(C)cc3)C3=N/C(=C(/c4ccc(OC)cc4)c4ccc2s4)C=C3)cc1. The average Bonchev–Trinajstić information content (AvgIpc) is 4.14. The molecule has 5 nitrogen and oxygen atoms in total. The first-order chi connectivity index (χ1) is 29.4. The van der Waals surface area contributed by atoms with E-state index in [0.717, 1.165) is 100 Å². The third-order valence-electron chi connectivity index (χ3n) is 11.6. The van der Waals surface area contributed by atoms with Gasteiger partial charge in [0, 0.05) is 26.5 Å². The van der Waals surface area contributed by atoms with Gasteiger partial charge in [-0.1, -0.05) is 114 Å². The fraction of sp³-hybridized carbons (Fsp3) is 0.0926. The summed E-state index contributed by atoms with van der Waals surface area (Å²) in [4.78, 5) is 19.0. The fourth-order valence-electron chi connectivity index (χ4n) is 8.54. The Morgan fingerprint density at radius 3 is 1.38 bits per heavy atom. The highest BCUT2D eigenvalue weighted by atomic mass is 32.1. The van der Waals surface area contributed by atoms with Crippen molar-refractivity contribution in [2.75, 3.05) is 14.2 Å². The van der Waals surface area contributed by atoms with Crippen LogP contribution in [0.2, 0.25) is 0 Å². The highest BCUT2D eigenvalue weighted by Gasteiger charge is 2.45. The number of methoxy groups -OCH3 is 2. The summed E-state index contributed by atoms with van der Waals surface area (Å²) in [6.45, 7) is 4.24. The van der Waals surface area contributed by atoms with Crippen molar-refractivity contribution in [3.05, 3.63) is 242 Å². The number of ether oxygens (including phenoxy) is 2. The lowest BCUT2D eigenvalue weighted by atomic mass is 9.67. The van der Waals surface area contributed by atoms with Crippen LogP contribution in [0.15, 0.2) is 208 Å². The van der Waals surface area contributed by atoms with Crippen LogP contribution in [0.4, 0.5) is 0 Å². The summed E-state index contributed by atoms with van der Waals surface area (Å²) in [5, 5.41) is 0. The maximum Gasteiger partial charge on any atom is 0.118 e. The Morgan fingerprint density at radius 1 is 0.417 bits per heavy atom. The molecule has 0 saturated carbocycles. The minimum atomic E-state index is -0.855. The Kier molecular flexibility index (Phi) is 9.42. The second-order valence-corrected chi connectivity index (χ2v) is 16.3. The van der Waals surface area contributed by atoms with Crippen LogP contribution >= 0.6 is 11.3 Å². The van der Waals surface area contributed by atoms with Crippen molar-refractivity contribution in [3.63, 3.8) is 0 Å². The van der Waals surface area contributed by atoms with Crippen molar-refractivity contribution in [2.24, 2.45) is 15.0 Å². The number of rotatable bonds is 7. The van der Waals surface area contributed by atoms with Crippen LogP contribution in [0.5, 0.6) is 11.5 Å². The lowest BCUT2D eigenvalue weighted by Crippen LogP contribution is -2.42. The van der Waals surface area contributed by atoms with Gasteiger partial charge in [0.1, 0.15) is 16.9 Å². The predicted molar refractivity (Wildman–Crippen MR) is 249 cm³/mol. The largest absolute Gasteiger partial charge is 0.497 e. The van der Waals surface area contributed by atoms with Gasteiger partial charge in [0.15, 0.2) is 0 Å². The number of thiophene rings is 1. The Hall–Kier alpha value is -7.15. The van der Waals surface area contributed by atoms with Crippen LogP contribution in [-0.4, -0.2) is 31.4 Å². The predicted octanol–water partition coefficient (Wildman–Crippen LogP) is 12.3. The third kappa shape index (κ3) is 6.37. The molecule has 0 saturated heterocycles. The van der Waals surface area contributed by atoms with Crippen molar-refractivity contribution in [3.8, 4) is 11.5 Å². The first-order valence-electron chi connectivity index (χ1n) is 20.1. The second kappa shape index (κ2) is 15.2. The smallest absolute Gasteiger partial charge is 0.118 e. The number of hydrogen-bond acceptors (Lipinski definition) is 6. The van der Waals surface area contributed by atoms with Gasteiger partial charge in [0.25, 0.3) is 0 Å². The van der Waals surface area contributed by atoms with Gasteiger partial charge in [0.05, 0.1) is 48.4 Å². The second-order valence-electron chi connectivity index (χ2n) is 15.2. The van der Waals surface area contributed by atoms with Gasteiger partial charge in [-0.05, 0) is 115 Å². The van der Waals surface area contributed by atoms with Gasteiger partial charge >= 0.3 is 0 Å². The molecule has 0 N–H and O–H groups in total. The molecular weight excluding hydrogens is 755 g/mol. The summed E-state index contributed by atoms with van der Waals surface area (Å²) in [7, 11) is 3.39. The zero-order valence-corrected chi connectivity index (χ0v) is 34.6. The molecule has 8 bridgehead atoms. The maximum absolute atomic E-state index is 5.69. The number of benzene rings is 5. The molecule has 5 aromatic carbocycles. The number of aliphatic imine (C=N–C) groups is 3. The Balaban J connectivity index is 1.33. The first-order valence-corrected chi connectivity index (χ1v) is 20.9. The molecule has 1 aromatic heterocycles. The van der Waals surface area contributed by atoms with E-state index < -0.39 is 5.41 Å². The van der Waals surface area contributed by atoms with E-state index >= 15 is 0 Å². The lowest BCUT2D eigenvalue weighted by Gasteiger charge is -2.34. The van der Waals surface area contributed by atoms with Crippen LogP contribution in [0.1, 0.15) is 48.7 Å². The van der Waals surface area contributed by atoms with Crippen LogP contribution in [-0.2, 0) is 5.41 Å². The molecule has 0 radical (unpaired) electrons. The lowest BCUT2D eigenvalue weighted by molar-refractivity contribution is 0.414. The van der Waals surface area contributed by atoms with E-state index in [4.69, 9.17) is 24.5 Å². The van der Waals surface area contributed by atoms with Gasteiger partial charge in [0.2, 0.25) is 0 Å². The van der Waals surface area contributed by atoms with Gasteiger partial charge in [-0.15, -0.1) is 11.3 Å². The van der Waals surface area contributed by atoms with Crippen LogP contribution in [0, 0.1) is 13.8 Å². The summed E-state index contributed by atoms with van der Waals surface area (Å²) in [6.07, 6.45) is 13.0. The molecule has 0 fully saturated rings. The highest BCUT2D eigenvalue weighted by Crippen LogP contribution is 2.46. The van der Waals surface area contributed by atoms with Crippen molar-refractivity contribution in [1.82, 2.24) is 0 Å². The van der Waals surface area contributed by atoms with E-state index in [0.29, 0.717) is 0 Å². The topological polar surface area (TPSA) is 55.5 Å². The normalized spacial score (nSPS) is 21.6. The minimum Gasteiger partial charge on any atom is -0.497 e. The van der Waals surface area contributed by atoms with E-state index in [1.165, 1.54) is 11.1 Å². The van der Waals surface area contributed by atoms with E-state index in [1.807, 2.05) is 24.3 Å². The van der Waals surface area contributed by atoms with Crippen molar-refractivity contribution >= 4 is 45.2 Å². The molecule has 290 valence electrons. The summed E-state index contributed by atoms with van der Waals surface area (Å²) in [6, 6.07) is 49.2. The Bertz CT molecular complexity index is 2950. The minimum absolute atomic E-state index is 0.797. The molecule has 0 amide bonds. The summed E-state index contributed by atoms with van der Waals surface area (Å²) >= 11 is 1.74. The Labute approximate surface area is 354 Å². The van der Waals surface area contributed by atoms with E-state index in [1.54, 1.807) is 25.6 Å². The number of aryl methyl sites for hydroxylation is 2. The average molecular weight is 796 g/mol. The van der Waals surface area contributed by atoms with Gasteiger partial charge < -0.3 is 9.47 Å². The summed E-state index contributed by atoms with van der Waals surface area (Å²) < 4.78 is 11.2. The molecule has 6 heteroatoms. The number of hydrogen-bond donors (Lipinski definition) is 0. The van der Waals surface area contributed by atoms with Crippen LogP contribution in [0.3, 0.4) is 0 Å². The highest BCUT2D eigenvalue weighted by molar-refractivity contribution is 7.14. The van der Waals surface area contributed by atoms with E-state index in [-0.39, 0.29) is 0 Å². The van der Waals surface area contributed by atoms with E-state index in [2.05, 4.69) is 166 Å². The fourth-order valence-corrected chi connectivity index (χ4v) is 9.70. The molecule has 1 atom stereocenters. The Morgan fingerprint density at radius 2 is 0.850 bits per heavy atom. The number of allylic oxidation sites excluding steroid dienone is 7. The van der Waals surface area contributed by atoms with Gasteiger partial charge in [-0.25, -0.2) is 4.99 Å². The van der Waals surface area contributed by atoms with Crippen LogP contribution in [0.25, 0.3) is 16.7 Å². The maximum atomic E-state index is 5.69. The number of nitrogens with zero attached hydrogens (tertiary/aromatic N) is 3. The molecule has 4 aliphatic heterocycles. The molecule has 4 aliphatic rings.